The number of aromatic nitrogens is 2. The van der Waals surface area contributed by atoms with Gasteiger partial charge in [-0.2, -0.15) is 0 Å². The zero-order chi connectivity index (χ0) is 21.7. The van der Waals surface area contributed by atoms with Crippen LogP contribution in [0.5, 0.6) is 17.5 Å². The number of piperazine rings is 1. The summed E-state index contributed by atoms with van der Waals surface area (Å²) >= 11 is 0. The molecule has 2 unspecified atom stereocenters. The van der Waals surface area contributed by atoms with E-state index in [0.717, 1.165) is 6.07 Å². The summed E-state index contributed by atoms with van der Waals surface area (Å²) in [6.07, 6.45) is -2.10. The van der Waals surface area contributed by atoms with Crippen molar-refractivity contribution in [1.82, 2.24) is 15.3 Å². The Morgan fingerprint density at radius 1 is 1.30 bits per heavy atom. The molecule has 11 heteroatoms. The second kappa shape index (κ2) is 7.10. The predicted molar refractivity (Wildman–Crippen MR) is 97.9 cm³/mol. The fourth-order valence-electron chi connectivity index (χ4n) is 3.15. The van der Waals surface area contributed by atoms with Gasteiger partial charge in [-0.3, -0.25) is 15.0 Å². The van der Waals surface area contributed by atoms with Crippen molar-refractivity contribution < 1.29 is 32.2 Å². The topological polar surface area (TPSA) is 89.1 Å². The molecule has 0 aliphatic carbocycles. The van der Waals surface area contributed by atoms with Gasteiger partial charge in [-0.05, 0) is 31.9 Å². The zero-order valence-electron chi connectivity index (χ0n) is 16.4. The minimum atomic E-state index is -4.81. The number of aryl methyl sites for hydroxylation is 1. The maximum Gasteiger partial charge on any atom is 0.573 e. The lowest BCUT2D eigenvalue weighted by Crippen LogP contribution is -2.62. The van der Waals surface area contributed by atoms with Crippen molar-refractivity contribution in [3.8, 4) is 17.5 Å². The fourth-order valence-corrected chi connectivity index (χ4v) is 3.15. The van der Waals surface area contributed by atoms with Crippen LogP contribution in [-0.2, 0) is 9.53 Å². The number of alkyl halides is 3. The van der Waals surface area contributed by atoms with Gasteiger partial charge in [-0.15, -0.1) is 13.2 Å². The molecular weight excluding hydrogens is 405 g/mol. The molecule has 30 heavy (non-hydrogen) atoms. The minimum absolute atomic E-state index is 0.0787. The van der Waals surface area contributed by atoms with Gasteiger partial charge in [-0.1, -0.05) is 13.0 Å². The molecule has 2 aromatic rings. The fraction of sp³-hybridized carbons (Fsp3) is 0.421. The molecule has 2 aliphatic rings. The van der Waals surface area contributed by atoms with Crippen LogP contribution in [0.25, 0.3) is 0 Å². The lowest BCUT2D eigenvalue weighted by atomic mass is 9.94. The summed E-state index contributed by atoms with van der Waals surface area (Å²) in [6, 6.07) is 3.93. The third-order valence-electron chi connectivity index (χ3n) is 5.07. The average Bonchev–Trinajstić information content (AvgIpc) is 3.43. The number of benzene rings is 1. The van der Waals surface area contributed by atoms with Crippen LogP contribution in [0.4, 0.5) is 18.9 Å². The second-order valence-electron chi connectivity index (χ2n) is 7.25. The Bertz CT molecular complexity index is 969. The van der Waals surface area contributed by atoms with Gasteiger partial charge < -0.3 is 14.2 Å². The lowest BCUT2D eigenvalue weighted by molar-refractivity contribution is -0.274. The second-order valence-corrected chi connectivity index (χ2v) is 7.25. The number of epoxide rings is 1. The van der Waals surface area contributed by atoms with Gasteiger partial charge in [0, 0.05) is 6.07 Å². The van der Waals surface area contributed by atoms with Gasteiger partial charge in [0.2, 0.25) is 5.91 Å². The van der Waals surface area contributed by atoms with Crippen molar-refractivity contribution in [3.63, 3.8) is 0 Å². The highest BCUT2D eigenvalue weighted by atomic mass is 19.4. The first-order chi connectivity index (χ1) is 14.1. The summed E-state index contributed by atoms with van der Waals surface area (Å²) in [7, 11) is 0. The first-order valence-electron chi connectivity index (χ1n) is 9.23. The molecule has 1 N–H and O–H groups in total. The van der Waals surface area contributed by atoms with Crippen LogP contribution in [-0.4, -0.2) is 40.2 Å². The van der Waals surface area contributed by atoms with Crippen LogP contribution in [0.1, 0.15) is 25.8 Å². The van der Waals surface area contributed by atoms with E-state index in [1.165, 1.54) is 36.4 Å². The largest absolute Gasteiger partial charge is 0.573 e. The van der Waals surface area contributed by atoms with Crippen LogP contribution < -0.4 is 19.7 Å². The van der Waals surface area contributed by atoms with Crippen LogP contribution in [0.3, 0.4) is 0 Å². The molecule has 8 nitrogen and oxygen atoms in total. The molecule has 0 spiro atoms. The highest BCUT2D eigenvalue weighted by Gasteiger charge is 2.58. The first kappa shape index (κ1) is 20.4. The van der Waals surface area contributed by atoms with Gasteiger partial charge in [0.1, 0.15) is 11.5 Å². The number of nitrogens with one attached hydrogen (secondary N) is 1. The summed E-state index contributed by atoms with van der Waals surface area (Å²) in [5.74, 6) is -0.456. The van der Waals surface area contributed by atoms with Crippen LogP contribution in [0.2, 0.25) is 0 Å². The van der Waals surface area contributed by atoms with E-state index in [-0.39, 0.29) is 29.6 Å². The SMILES string of the molecule is CC[C@@]1(C)NC2OC2N(c2cnc(Oc3ccc(C)c(OC(F)(F)F)c3)nc2)C1=O. The van der Waals surface area contributed by atoms with Crippen LogP contribution >= 0.6 is 0 Å². The van der Waals surface area contributed by atoms with E-state index in [1.54, 1.807) is 6.92 Å². The van der Waals surface area contributed by atoms with Crippen LogP contribution in [0.15, 0.2) is 30.6 Å². The maximum atomic E-state index is 12.9. The molecule has 0 bridgehead atoms. The number of hydrogen-bond acceptors (Lipinski definition) is 7. The van der Waals surface area contributed by atoms with Gasteiger partial charge in [-0.25, -0.2) is 9.97 Å². The number of hydrogen-bond donors (Lipinski definition) is 1. The summed E-state index contributed by atoms with van der Waals surface area (Å²) in [6.45, 7) is 5.19. The quantitative estimate of drug-likeness (QED) is 0.737. The van der Waals surface area contributed by atoms with Crippen LogP contribution in [0, 0.1) is 6.92 Å². The lowest BCUT2D eigenvalue weighted by Gasteiger charge is -2.36. The van der Waals surface area contributed by atoms with E-state index in [0.29, 0.717) is 17.7 Å². The van der Waals surface area contributed by atoms with E-state index in [2.05, 4.69) is 20.0 Å². The van der Waals surface area contributed by atoms with Crippen molar-refractivity contribution in [2.24, 2.45) is 0 Å². The molecule has 1 amide bonds. The standard InChI is InChI=1S/C19H19F3N4O4/c1-4-18(3)16(27)26(15-14(25-18)29-15)11-8-23-17(24-9-11)28-12-6-5-10(2)13(7-12)30-19(20,21)22/h5-9,14-15,25H,4H2,1-3H3/t14?,15?,18-/m1/s1. The number of anilines is 1. The number of fused-ring (bicyclic) bond motifs is 1. The normalized spacial score (nSPS) is 25.7. The Morgan fingerprint density at radius 3 is 2.63 bits per heavy atom. The third kappa shape index (κ3) is 3.90. The minimum Gasteiger partial charge on any atom is -0.424 e. The Kier molecular flexibility index (Phi) is 4.82. The number of rotatable bonds is 5. The Balaban J connectivity index is 1.51. The van der Waals surface area contributed by atoms with E-state index in [4.69, 9.17) is 9.47 Å². The van der Waals surface area contributed by atoms with Crippen molar-refractivity contribution in [1.29, 1.82) is 0 Å². The van der Waals surface area contributed by atoms with E-state index >= 15 is 0 Å². The molecule has 2 fully saturated rings. The number of carbonyl (C=O) groups excluding carboxylic acids is 1. The number of carbonyl (C=O) groups is 1. The molecule has 0 saturated carbocycles. The Hall–Kier alpha value is -2.92. The number of halogens is 3. The van der Waals surface area contributed by atoms with Gasteiger partial charge in [0.05, 0.1) is 23.6 Å². The van der Waals surface area contributed by atoms with E-state index < -0.39 is 18.1 Å². The summed E-state index contributed by atoms with van der Waals surface area (Å²) < 4.78 is 52.5. The van der Waals surface area contributed by atoms with E-state index in [1.807, 2.05) is 6.92 Å². The van der Waals surface area contributed by atoms with Crippen molar-refractivity contribution in [2.75, 3.05) is 4.90 Å². The highest BCUT2D eigenvalue weighted by Crippen LogP contribution is 2.38. The van der Waals surface area contributed by atoms with Crippen molar-refractivity contribution in [3.05, 3.63) is 36.2 Å². The Morgan fingerprint density at radius 2 is 2.00 bits per heavy atom. The molecule has 2 aliphatic heterocycles. The predicted octanol–water partition coefficient (Wildman–Crippen LogP) is 3.26. The summed E-state index contributed by atoms with van der Waals surface area (Å²) in [4.78, 5) is 22.5. The molecule has 4 rings (SSSR count). The molecule has 160 valence electrons. The van der Waals surface area contributed by atoms with Crippen molar-refractivity contribution >= 4 is 11.6 Å². The van der Waals surface area contributed by atoms with E-state index in [9.17, 15) is 18.0 Å². The number of amides is 1. The monoisotopic (exact) mass is 424 g/mol. The summed E-state index contributed by atoms with van der Waals surface area (Å²) in [5.41, 5.74) is -0.0268. The highest BCUT2D eigenvalue weighted by molar-refractivity contribution is 6.01. The molecule has 1 aromatic heterocycles. The third-order valence-corrected chi connectivity index (χ3v) is 5.07. The van der Waals surface area contributed by atoms with Gasteiger partial charge in [0.25, 0.3) is 0 Å². The first-order valence-corrected chi connectivity index (χ1v) is 9.23. The van der Waals surface area contributed by atoms with Gasteiger partial charge >= 0.3 is 12.4 Å². The zero-order valence-corrected chi connectivity index (χ0v) is 16.4. The molecule has 2 saturated heterocycles. The number of nitrogens with zero attached hydrogens (tertiary/aromatic N) is 3. The average molecular weight is 424 g/mol. The van der Waals surface area contributed by atoms with Crippen molar-refractivity contribution in [2.45, 2.75) is 51.5 Å². The molecular formula is C19H19F3N4O4. The smallest absolute Gasteiger partial charge is 0.424 e. The summed E-state index contributed by atoms with van der Waals surface area (Å²) in [5, 5.41) is 3.17. The molecule has 3 heterocycles. The number of ether oxygens (including phenoxy) is 3. The molecule has 0 radical (unpaired) electrons. The maximum absolute atomic E-state index is 12.9. The Labute approximate surface area is 170 Å². The molecule has 1 aromatic carbocycles. The molecule has 3 atom stereocenters. The van der Waals surface area contributed by atoms with Gasteiger partial charge in [0.15, 0.2) is 12.5 Å².